The van der Waals surface area contributed by atoms with E-state index in [-0.39, 0.29) is 29.1 Å². The van der Waals surface area contributed by atoms with E-state index in [0.717, 1.165) is 34.2 Å². The molecule has 0 bridgehead atoms. The molecule has 156 valence electrons. The summed E-state index contributed by atoms with van der Waals surface area (Å²) >= 11 is 1.46. The average molecular weight is 424 g/mol. The van der Waals surface area contributed by atoms with Crippen LogP contribution < -0.4 is 0 Å². The Labute approximate surface area is 180 Å². The summed E-state index contributed by atoms with van der Waals surface area (Å²) in [6, 6.07) is 14.7. The number of fused-ring (bicyclic) bond motifs is 1. The molecule has 3 aromatic rings. The van der Waals surface area contributed by atoms with Crippen LogP contribution in [0.25, 0.3) is 22.0 Å². The van der Waals surface area contributed by atoms with Crippen LogP contribution in [0.4, 0.5) is 4.39 Å². The molecule has 0 N–H and O–H groups in total. The van der Waals surface area contributed by atoms with Gasteiger partial charge in [0.25, 0.3) is 0 Å². The molecule has 1 aromatic heterocycles. The van der Waals surface area contributed by atoms with Crippen molar-refractivity contribution in [1.82, 2.24) is 15.1 Å². The summed E-state index contributed by atoms with van der Waals surface area (Å²) in [4.78, 5) is 15.2. The first-order chi connectivity index (χ1) is 14.5. The van der Waals surface area contributed by atoms with Gasteiger partial charge in [0.1, 0.15) is 16.5 Å². The molecular formula is C24H26FN3OS. The van der Waals surface area contributed by atoms with E-state index in [1.807, 2.05) is 36.1 Å². The molecule has 0 unspecified atom stereocenters. The molecule has 1 amide bonds. The van der Waals surface area contributed by atoms with Crippen LogP contribution >= 0.6 is 11.8 Å². The van der Waals surface area contributed by atoms with Crippen molar-refractivity contribution in [2.24, 2.45) is 0 Å². The number of carbonyl (C=O) groups excluding carboxylic acids is 1. The number of piperidine rings is 1. The zero-order valence-electron chi connectivity index (χ0n) is 17.5. The minimum absolute atomic E-state index is 0.160. The van der Waals surface area contributed by atoms with E-state index in [1.54, 1.807) is 12.1 Å². The molecule has 0 saturated carbocycles. The van der Waals surface area contributed by atoms with Crippen LogP contribution in [0.2, 0.25) is 0 Å². The third kappa shape index (κ3) is 4.06. The predicted molar refractivity (Wildman–Crippen MR) is 120 cm³/mol. The molecule has 4 rings (SSSR count). The lowest BCUT2D eigenvalue weighted by Gasteiger charge is -2.40. The lowest BCUT2D eigenvalue weighted by molar-refractivity contribution is -0.136. The van der Waals surface area contributed by atoms with Crippen LogP contribution in [0.1, 0.15) is 40.0 Å². The van der Waals surface area contributed by atoms with Gasteiger partial charge < -0.3 is 4.90 Å². The Kier molecular flexibility index (Phi) is 6.04. The topological polar surface area (TPSA) is 46.1 Å². The molecule has 0 radical (unpaired) electrons. The van der Waals surface area contributed by atoms with Gasteiger partial charge in [0.2, 0.25) is 5.91 Å². The molecular weight excluding hydrogens is 397 g/mol. The van der Waals surface area contributed by atoms with E-state index in [0.29, 0.717) is 5.69 Å². The first-order valence-corrected chi connectivity index (χ1v) is 11.3. The number of rotatable bonds is 4. The Bertz CT molecular complexity index is 1050. The second-order valence-corrected chi connectivity index (χ2v) is 9.37. The summed E-state index contributed by atoms with van der Waals surface area (Å²) in [7, 11) is 0. The number of benzene rings is 2. The van der Waals surface area contributed by atoms with Crippen LogP contribution in [-0.2, 0) is 4.79 Å². The van der Waals surface area contributed by atoms with E-state index >= 15 is 0 Å². The number of carbonyl (C=O) groups is 1. The van der Waals surface area contributed by atoms with Crippen LogP contribution in [0.5, 0.6) is 0 Å². The summed E-state index contributed by atoms with van der Waals surface area (Å²) < 4.78 is 13.3. The summed E-state index contributed by atoms with van der Waals surface area (Å²) in [5.41, 5.74) is 1.53. The maximum Gasteiger partial charge on any atom is 0.236 e. The van der Waals surface area contributed by atoms with Crippen molar-refractivity contribution in [3.8, 4) is 11.3 Å². The highest BCUT2D eigenvalue weighted by Crippen LogP contribution is 2.35. The van der Waals surface area contributed by atoms with Gasteiger partial charge in [0, 0.05) is 28.4 Å². The van der Waals surface area contributed by atoms with Crippen LogP contribution in [0.15, 0.2) is 53.6 Å². The van der Waals surface area contributed by atoms with Gasteiger partial charge in [-0.25, -0.2) is 4.39 Å². The van der Waals surface area contributed by atoms with Crippen LogP contribution in [-0.4, -0.2) is 38.3 Å². The monoisotopic (exact) mass is 423 g/mol. The number of thioether (sulfide) groups is 1. The quantitative estimate of drug-likeness (QED) is 0.505. The highest BCUT2D eigenvalue weighted by atomic mass is 32.2. The Morgan fingerprint density at radius 2 is 1.67 bits per heavy atom. The van der Waals surface area contributed by atoms with Gasteiger partial charge in [-0.2, -0.15) is 0 Å². The molecule has 1 aliphatic heterocycles. The van der Waals surface area contributed by atoms with Crippen LogP contribution in [0.3, 0.4) is 0 Å². The zero-order valence-corrected chi connectivity index (χ0v) is 18.3. The number of hydrogen-bond acceptors (Lipinski definition) is 4. The summed E-state index contributed by atoms with van der Waals surface area (Å²) in [6.07, 6.45) is 3.29. The summed E-state index contributed by atoms with van der Waals surface area (Å²) in [6.45, 7) is 6.22. The Morgan fingerprint density at radius 3 is 2.33 bits per heavy atom. The van der Waals surface area contributed by atoms with Gasteiger partial charge in [-0.15, -0.1) is 10.2 Å². The van der Waals surface area contributed by atoms with E-state index in [1.165, 1.54) is 30.3 Å². The normalized spacial score (nSPS) is 20.3. The smallest absolute Gasteiger partial charge is 0.236 e. The van der Waals surface area contributed by atoms with Crippen molar-refractivity contribution in [2.45, 2.75) is 62.4 Å². The second kappa shape index (κ2) is 8.72. The fourth-order valence-corrected chi connectivity index (χ4v) is 5.22. The van der Waals surface area contributed by atoms with Crippen molar-refractivity contribution in [2.75, 3.05) is 0 Å². The van der Waals surface area contributed by atoms with E-state index in [9.17, 15) is 9.18 Å². The average Bonchev–Trinajstić information content (AvgIpc) is 2.74. The van der Waals surface area contributed by atoms with Crippen molar-refractivity contribution < 1.29 is 9.18 Å². The van der Waals surface area contributed by atoms with E-state index in [4.69, 9.17) is 0 Å². The fourth-order valence-electron chi connectivity index (χ4n) is 4.27. The molecule has 4 nitrogen and oxygen atoms in total. The van der Waals surface area contributed by atoms with Gasteiger partial charge in [-0.05, 0) is 64.3 Å². The number of aromatic nitrogens is 2. The number of nitrogens with zero attached hydrogens (tertiary/aromatic N) is 3. The summed E-state index contributed by atoms with van der Waals surface area (Å²) in [5, 5.41) is 11.3. The van der Waals surface area contributed by atoms with E-state index < -0.39 is 0 Å². The lowest BCUT2D eigenvalue weighted by Crippen LogP contribution is -2.50. The number of amides is 1. The Morgan fingerprint density at radius 1 is 1.03 bits per heavy atom. The van der Waals surface area contributed by atoms with Gasteiger partial charge in [-0.1, -0.05) is 36.0 Å². The van der Waals surface area contributed by atoms with Crippen LogP contribution in [0, 0.1) is 5.82 Å². The van der Waals surface area contributed by atoms with Gasteiger partial charge in [0.05, 0.1) is 5.25 Å². The van der Waals surface area contributed by atoms with E-state index in [2.05, 4.69) is 24.0 Å². The molecule has 0 spiro atoms. The third-order valence-electron chi connectivity index (χ3n) is 5.86. The lowest BCUT2D eigenvalue weighted by atomic mass is 9.97. The molecule has 2 heterocycles. The SMILES string of the molecule is C[C@@H](Sc1nnc(-c2ccc(F)cc2)c2ccccc12)C(=O)N1[C@@H](C)CCC[C@@H]1C. The number of hydrogen-bond donors (Lipinski definition) is 0. The molecule has 30 heavy (non-hydrogen) atoms. The van der Waals surface area contributed by atoms with Crippen molar-refractivity contribution in [3.05, 3.63) is 54.3 Å². The molecule has 3 atom stereocenters. The molecule has 1 fully saturated rings. The standard InChI is InChI=1S/C24H26FN3OS/c1-15-7-6-8-16(2)28(15)24(29)17(3)30-23-21-10-5-4-9-20(21)22(26-27-23)18-11-13-19(25)14-12-18/h4-5,9-17H,6-8H2,1-3H3/t15-,16-,17+/m0/s1. The van der Waals surface area contributed by atoms with Crippen molar-refractivity contribution in [1.29, 1.82) is 0 Å². The first-order valence-electron chi connectivity index (χ1n) is 10.5. The van der Waals surface area contributed by atoms with Gasteiger partial charge in [0.15, 0.2) is 0 Å². The molecule has 6 heteroatoms. The third-order valence-corrected chi connectivity index (χ3v) is 6.94. The predicted octanol–water partition coefficient (Wildman–Crippen LogP) is 5.71. The van der Waals surface area contributed by atoms with Crippen molar-refractivity contribution >= 4 is 28.4 Å². The van der Waals surface area contributed by atoms with Gasteiger partial charge in [-0.3, -0.25) is 4.79 Å². The second-order valence-electron chi connectivity index (χ2n) is 8.04. The highest BCUT2D eigenvalue weighted by Gasteiger charge is 2.32. The molecule has 1 saturated heterocycles. The fraction of sp³-hybridized carbons (Fsp3) is 0.375. The molecule has 0 aliphatic carbocycles. The Balaban J connectivity index is 1.64. The van der Waals surface area contributed by atoms with Gasteiger partial charge >= 0.3 is 0 Å². The maximum absolute atomic E-state index is 13.3. The zero-order chi connectivity index (χ0) is 21.3. The largest absolute Gasteiger partial charge is 0.336 e. The minimum Gasteiger partial charge on any atom is -0.336 e. The molecule has 2 aromatic carbocycles. The first kappa shape index (κ1) is 20.8. The summed E-state index contributed by atoms with van der Waals surface area (Å²) in [5.74, 6) is -0.120. The Hall–Kier alpha value is -2.47. The molecule has 1 aliphatic rings. The van der Waals surface area contributed by atoms with Crippen molar-refractivity contribution in [3.63, 3.8) is 0 Å². The number of likely N-dealkylation sites (tertiary alicyclic amines) is 1. The minimum atomic E-state index is -0.281. The highest BCUT2D eigenvalue weighted by molar-refractivity contribution is 8.00. The maximum atomic E-state index is 13.3. The number of halogens is 1.